The zero-order chi connectivity index (χ0) is 12.4. The van der Waals surface area contributed by atoms with Crippen LogP contribution in [0.25, 0.3) is 0 Å². The van der Waals surface area contributed by atoms with Crippen LogP contribution in [0, 0.1) is 0 Å². The van der Waals surface area contributed by atoms with E-state index in [-0.39, 0.29) is 6.04 Å². The minimum atomic E-state index is 0.190. The van der Waals surface area contributed by atoms with E-state index < -0.39 is 0 Å². The number of nitrogen functional groups attached to an aromatic ring is 2. The van der Waals surface area contributed by atoms with E-state index in [0.29, 0.717) is 11.4 Å². The zero-order valence-electron chi connectivity index (χ0n) is 9.41. The van der Waals surface area contributed by atoms with Crippen LogP contribution in [0.2, 0.25) is 4.34 Å². The van der Waals surface area contributed by atoms with Crippen LogP contribution in [0.4, 0.5) is 17.1 Å². The summed E-state index contributed by atoms with van der Waals surface area (Å²) in [5.74, 6) is 0. The lowest BCUT2D eigenvalue weighted by Crippen LogP contribution is -2.05. The molecular formula is C12H14ClN3S. The summed E-state index contributed by atoms with van der Waals surface area (Å²) in [5, 5.41) is 3.36. The lowest BCUT2D eigenvalue weighted by Gasteiger charge is -2.14. The van der Waals surface area contributed by atoms with Crippen LogP contribution >= 0.6 is 22.9 Å². The van der Waals surface area contributed by atoms with Crippen molar-refractivity contribution in [3.05, 3.63) is 39.5 Å². The van der Waals surface area contributed by atoms with E-state index in [1.807, 2.05) is 24.3 Å². The average Bonchev–Trinajstić information content (AvgIpc) is 2.70. The largest absolute Gasteiger partial charge is 0.397 e. The summed E-state index contributed by atoms with van der Waals surface area (Å²) in [6.07, 6.45) is 0. The summed E-state index contributed by atoms with van der Waals surface area (Å²) < 4.78 is 0.797. The predicted octanol–water partition coefficient (Wildman–Crippen LogP) is 3.74. The minimum absolute atomic E-state index is 0.190. The highest BCUT2D eigenvalue weighted by Gasteiger charge is 2.08. The van der Waals surface area contributed by atoms with Gasteiger partial charge in [0, 0.05) is 10.6 Å². The number of nitrogens with two attached hydrogens (primary N) is 2. The van der Waals surface area contributed by atoms with Gasteiger partial charge in [-0.15, -0.1) is 11.3 Å². The summed E-state index contributed by atoms with van der Waals surface area (Å²) >= 11 is 7.48. The number of hydrogen-bond acceptors (Lipinski definition) is 4. The second-order valence-corrected chi connectivity index (χ2v) is 5.60. The van der Waals surface area contributed by atoms with Crippen molar-refractivity contribution in [3.8, 4) is 0 Å². The van der Waals surface area contributed by atoms with Crippen molar-refractivity contribution in [2.75, 3.05) is 16.8 Å². The first-order chi connectivity index (χ1) is 8.06. The maximum absolute atomic E-state index is 5.91. The quantitative estimate of drug-likeness (QED) is 0.743. The molecule has 0 radical (unpaired) electrons. The fourth-order valence-corrected chi connectivity index (χ4v) is 2.61. The SMILES string of the molecule is CC(Nc1ccc(N)c(N)c1)c1ccc(Cl)s1. The Morgan fingerprint density at radius 1 is 1.18 bits per heavy atom. The van der Waals surface area contributed by atoms with Crippen LogP contribution < -0.4 is 16.8 Å². The summed E-state index contributed by atoms with van der Waals surface area (Å²) in [5.41, 5.74) is 13.6. The van der Waals surface area contributed by atoms with Gasteiger partial charge in [-0.05, 0) is 37.3 Å². The molecule has 1 atom stereocenters. The zero-order valence-corrected chi connectivity index (χ0v) is 11.0. The molecule has 1 aromatic carbocycles. The van der Waals surface area contributed by atoms with Gasteiger partial charge in [-0.25, -0.2) is 0 Å². The van der Waals surface area contributed by atoms with Crippen LogP contribution in [0.15, 0.2) is 30.3 Å². The molecule has 0 aliphatic heterocycles. The number of hydrogen-bond donors (Lipinski definition) is 3. The van der Waals surface area contributed by atoms with Gasteiger partial charge in [0.15, 0.2) is 0 Å². The summed E-state index contributed by atoms with van der Waals surface area (Å²) in [6, 6.07) is 9.66. The van der Waals surface area contributed by atoms with Gasteiger partial charge in [-0.1, -0.05) is 11.6 Å². The van der Waals surface area contributed by atoms with E-state index in [4.69, 9.17) is 23.1 Å². The van der Waals surface area contributed by atoms with Gasteiger partial charge in [-0.3, -0.25) is 0 Å². The molecule has 17 heavy (non-hydrogen) atoms. The topological polar surface area (TPSA) is 64.1 Å². The number of rotatable bonds is 3. The molecule has 90 valence electrons. The van der Waals surface area contributed by atoms with Crippen molar-refractivity contribution in [3.63, 3.8) is 0 Å². The van der Waals surface area contributed by atoms with Crippen molar-refractivity contribution in [2.45, 2.75) is 13.0 Å². The molecule has 0 aliphatic carbocycles. The number of nitrogens with one attached hydrogen (secondary N) is 1. The molecule has 1 unspecified atom stereocenters. The van der Waals surface area contributed by atoms with Crippen LogP contribution in [0.5, 0.6) is 0 Å². The van der Waals surface area contributed by atoms with E-state index in [9.17, 15) is 0 Å². The number of halogens is 1. The molecule has 0 aliphatic rings. The Hall–Kier alpha value is -1.39. The lowest BCUT2D eigenvalue weighted by atomic mass is 10.2. The highest BCUT2D eigenvalue weighted by molar-refractivity contribution is 7.16. The van der Waals surface area contributed by atoms with E-state index >= 15 is 0 Å². The van der Waals surface area contributed by atoms with Gasteiger partial charge in [-0.2, -0.15) is 0 Å². The fourth-order valence-electron chi connectivity index (χ4n) is 1.55. The van der Waals surface area contributed by atoms with Crippen LogP contribution in [-0.4, -0.2) is 0 Å². The van der Waals surface area contributed by atoms with Gasteiger partial charge in [0.05, 0.1) is 21.8 Å². The summed E-state index contributed by atoms with van der Waals surface area (Å²) in [6.45, 7) is 2.08. The third-order valence-electron chi connectivity index (χ3n) is 2.49. The summed E-state index contributed by atoms with van der Waals surface area (Å²) in [4.78, 5) is 1.19. The van der Waals surface area contributed by atoms with E-state index in [1.165, 1.54) is 4.88 Å². The Morgan fingerprint density at radius 3 is 2.53 bits per heavy atom. The van der Waals surface area contributed by atoms with Crippen molar-refractivity contribution >= 4 is 40.0 Å². The molecule has 2 aromatic rings. The molecule has 0 amide bonds. The Kier molecular flexibility index (Phi) is 3.45. The fraction of sp³-hybridized carbons (Fsp3) is 0.167. The number of benzene rings is 1. The monoisotopic (exact) mass is 267 g/mol. The maximum Gasteiger partial charge on any atom is 0.0932 e. The lowest BCUT2D eigenvalue weighted by molar-refractivity contribution is 0.908. The molecule has 1 heterocycles. The van der Waals surface area contributed by atoms with Gasteiger partial charge in [0.1, 0.15) is 0 Å². The minimum Gasteiger partial charge on any atom is -0.397 e. The number of anilines is 3. The predicted molar refractivity (Wildman–Crippen MR) is 76.6 cm³/mol. The summed E-state index contributed by atoms with van der Waals surface area (Å²) in [7, 11) is 0. The van der Waals surface area contributed by atoms with Crippen molar-refractivity contribution in [1.82, 2.24) is 0 Å². The van der Waals surface area contributed by atoms with Gasteiger partial charge in [0.2, 0.25) is 0 Å². The molecule has 0 spiro atoms. The molecule has 0 bridgehead atoms. The highest BCUT2D eigenvalue weighted by Crippen LogP contribution is 2.30. The maximum atomic E-state index is 5.91. The van der Waals surface area contributed by atoms with Crippen LogP contribution in [0.3, 0.4) is 0 Å². The average molecular weight is 268 g/mol. The highest BCUT2D eigenvalue weighted by atomic mass is 35.5. The Bertz CT molecular complexity index is 524. The molecule has 2 rings (SSSR count). The van der Waals surface area contributed by atoms with Crippen LogP contribution in [-0.2, 0) is 0 Å². The third-order valence-corrected chi connectivity index (χ3v) is 3.90. The molecule has 5 heteroatoms. The molecule has 5 N–H and O–H groups in total. The smallest absolute Gasteiger partial charge is 0.0932 e. The number of thiophene rings is 1. The van der Waals surface area contributed by atoms with Gasteiger partial charge >= 0.3 is 0 Å². The van der Waals surface area contributed by atoms with E-state index in [2.05, 4.69) is 12.2 Å². The Balaban J connectivity index is 2.12. The second kappa shape index (κ2) is 4.85. The first kappa shape index (κ1) is 12.1. The Morgan fingerprint density at radius 2 is 1.94 bits per heavy atom. The standard InChI is InChI=1S/C12H14ClN3S/c1-7(11-4-5-12(13)17-11)16-8-2-3-9(14)10(15)6-8/h2-7,16H,14-15H2,1H3. The molecule has 0 saturated heterocycles. The molecule has 0 fully saturated rings. The first-order valence-electron chi connectivity index (χ1n) is 5.23. The van der Waals surface area contributed by atoms with Crippen LogP contribution in [0.1, 0.15) is 17.8 Å². The van der Waals surface area contributed by atoms with Gasteiger partial charge in [0.25, 0.3) is 0 Å². The third kappa shape index (κ3) is 2.84. The molecule has 3 nitrogen and oxygen atoms in total. The van der Waals surface area contributed by atoms with Gasteiger partial charge < -0.3 is 16.8 Å². The Labute approximate surface area is 109 Å². The van der Waals surface area contributed by atoms with Crippen molar-refractivity contribution in [1.29, 1.82) is 0 Å². The first-order valence-corrected chi connectivity index (χ1v) is 6.42. The van der Waals surface area contributed by atoms with E-state index in [1.54, 1.807) is 17.4 Å². The van der Waals surface area contributed by atoms with E-state index in [0.717, 1.165) is 10.0 Å². The molecular weight excluding hydrogens is 254 g/mol. The normalized spacial score (nSPS) is 12.4. The molecule has 1 aromatic heterocycles. The van der Waals surface area contributed by atoms with Crippen molar-refractivity contribution < 1.29 is 0 Å². The molecule has 0 saturated carbocycles. The van der Waals surface area contributed by atoms with Crippen molar-refractivity contribution in [2.24, 2.45) is 0 Å². The second-order valence-electron chi connectivity index (χ2n) is 3.85.